The lowest BCUT2D eigenvalue weighted by atomic mass is 9.93. The molecule has 3 atom stereocenters. The summed E-state index contributed by atoms with van der Waals surface area (Å²) in [5.41, 5.74) is 1.12. The van der Waals surface area contributed by atoms with E-state index in [0.717, 1.165) is 12.8 Å². The second-order valence-electron chi connectivity index (χ2n) is 6.64. The molecule has 3 aliphatic rings. The summed E-state index contributed by atoms with van der Waals surface area (Å²) in [6.07, 6.45) is 6.37. The lowest BCUT2D eigenvalue weighted by Crippen LogP contribution is -2.36. The third-order valence-electron chi connectivity index (χ3n) is 5.18. The van der Waals surface area contributed by atoms with Crippen LogP contribution < -0.4 is 10.2 Å². The summed E-state index contributed by atoms with van der Waals surface area (Å²) < 4.78 is 19.7. The molecule has 5 heteroatoms. The van der Waals surface area contributed by atoms with Crippen molar-refractivity contribution in [3.63, 3.8) is 0 Å². The summed E-state index contributed by atoms with van der Waals surface area (Å²) in [4.78, 5) is 14.4. The number of amides is 1. The van der Waals surface area contributed by atoms with Gasteiger partial charge in [-0.15, -0.1) is 0 Å². The number of carbonyl (C=O) groups excluding carboxylic acids is 1. The maximum atomic E-state index is 14.4. The molecule has 1 saturated carbocycles. The van der Waals surface area contributed by atoms with Crippen molar-refractivity contribution < 1.29 is 13.9 Å². The van der Waals surface area contributed by atoms with Crippen molar-refractivity contribution in [3.8, 4) is 0 Å². The summed E-state index contributed by atoms with van der Waals surface area (Å²) >= 11 is 0. The second kappa shape index (κ2) is 5.96. The minimum absolute atomic E-state index is 0.0142. The molecule has 122 valence electrons. The van der Waals surface area contributed by atoms with Crippen molar-refractivity contribution in [2.45, 2.75) is 12.8 Å². The smallest absolute Gasteiger partial charge is 0.228 e. The van der Waals surface area contributed by atoms with Crippen LogP contribution in [0.15, 0.2) is 30.4 Å². The van der Waals surface area contributed by atoms with Crippen LogP contribution in [0.5, 0.6) is 0 Å². The van der Waals surface area contributed by atoms with E-state index in [1.54, 1.807) is 12.1 Å². The zero-order valence-electron chi connectivity index (χ0n) is 13.0. The van der Waals surface area contributed by atoms with Crippen LogP contribution in [-0.4, -0.2) is 32.2 Å². The maximum Gasteiger partial charge on any atom is 0.228 e. The van der Waals surface area contributed by atoms with E-state index in [-0.39, 0.29) is 17.6 Å². The number of carbonyl (C=O) groups is 1. The van der Waals surface area contributed by atoms with E-state index >= 15 is 0 Å². The predicted octanol–water partition coefficient (Wildman–Crippen LogP) is 2.81. The molecule has 0 spiro atoms. The molecule has 1 N–H and O–H groups in total. The van der Waals surface area contributed by atoms with Crippen LogP contribution in [-0.2, 0) is 9.53 Å². The number of morpholine rings is 1. The quantitative estimate of drug-likeness (QED) is 0.872. The average Bonchev–Trinajstić information content (AvgIpc) is 3.19. The zero-order valence-corrected chi connectivity index (χ0v) is 13.0. The van der Waals surface area contributed by atoms with Gasteiger partial charge in [-0.1, -0.05) is 12.2 Å². The molecule has 4 rings (SSSR count). The Morgan fingerprint density at radius 2 is 2.04 bits per heavy atom. The van der Waals surface area contributed by atoms with Crippen LogP contribution >= 0.6 is 0 Å². The van der Waals surface area contributed by atoms with E-state index in [4.69, 9.17) is 4.74 Å². The number of rotatable bonds is 3. The Balaban J connectivity index is 1.44. The second-order valence-corrected chi connectivity index (χ2v) is 6.64. The van der Waals surface area contributed by atoms with Gasteiger partial charge in [-0.3, -0.25) is 4.79 Å². The SMILES string of the molecule is O=C(Nc1ccc(N2CCOCC2)c(F)c1)[C@@H]1C[C@H]2C=C[C@H]1C2. The number of halogens is 1. The summed E-state index contributed by atoms with van der Waals surface area (Å²) in [5, 5.41) is 2.88. The first kappa shape index (κ1) is 14.7. The summed E-state index contributed by atoms with van der Waals surface area (Å²) in [6.45, 7) is 2.63. The Bertz CT molecular complexity index is 640. The van der Waals surface area contributed by atoms with Crippen molar-refractivity contribution in [1.29, 1.82) is 0 Å². The van der Waals surface area contributed by atoms with E-state index in [1.165, 1.54) is 6.07 Å². The molecule has 4 nitrogen and oxygen atoms in total. The van der Waals surface area contributed by atoms with Crippen molar-refractivity contribution >= 4 is 17.3 Å². The number of allylic oxidation sites excluding steroid dienone is 2. The highest BCUT2D eigenvalue weighted by Crippen LogP contribution is 2.43. The highest BCUT2D eigenvalue weighted by atomic mass is 19.1. The third kappa shape index (κ3) is 2.85. The highest BCUT2D eigenvalue weighted by Gasteiger charge is 2.39. The Morgan fingerprint density at radius 3 is 2.70 bits per heavy atom. The van der Waals surface area contributed by atoms with Crippen molar-refractivity contribution in [2.75, 3.05) is 36.5 Å². The molecule has 1 amide bonds. The fraction of sp³-hybridized carbons (Fsp3) is 0.500. The van der Waals surface area contributed by atoms with Gasteiger partial charge >= 0.3 is 0 Å². The molecule has 2 fully saturated rings. The minimum Gasteiger partial charge on any atom is -0.378 e. The zero-order chi connectivity index (χ0) is 15.8. The number of nitrogens with one attached hydrogen (secondary N) is 1. The predicted molar refractivity (Wildman–Crippen MR) is 86.9 cm³/mol. The number of benzene rings is 1. The van der Waals surface area contributed by atoms with E-state index in [1.807, 2.05) is 4.90 Å². The number of hydrogen-bond acceptors (Lipinski definition) is 3. The highest BCUT2D eigenvalue weighted by molar-refractivity contribution is 5.93. The third-order valence-corrected chi connectivity index (χ3v) is 5.18. The van der Waals surface area contributed by atoms with E-state index < -0.39 is 0 Å². The van der Waals surface area contributed by atoms with Gasteiger partial charge in [0.25, 0.3) is 0 Å². The number of hydrogen-bond donors (Lipinski definition) is 1. The molecule has 2 bridgehead atoms. The summed E-state index contributed by atoms with van der Waals surface area (Å²) in [7, 11) is 0. The topological polar surface area (TPSA) is 41.6 Å². The molecular weight excluding hydrogens is 295 g/mol. The van der Waals surface area contributed by atoms with Crippen molar-refractivity contribution in [2.24, 2.45) is 17.8 Å². The Hall–Kier alpha value is -1.88. The van der Waals surface area contributed by atoms with Gasteiger partial charge in [-0.05, 0) is 42.9 Å². The van der Waals surface area contributed by atoms with Gasteiger partial charge in [0.15, 0.2) is 0 Å². The van der Waals surface area contributed by atoms with Gasteiger partial charge in [-0.25, -0.2) is 4.39 Å². The molecule has 1 aliphatic heterocycles. The molecule has 0 aromatic heterocycles. The van der Waals surface area contributed by atoms with Gasteiger partial charge in [0, 0.05) is 24.7 Å². The Labute approximate surface area is 135 Å². The van der Waals surface area contributed by atoms with Gasteiger partial charge in [0.2, 0.25) is 5.91 Å². The number of anilines is 2. The van der Waals surface area contributed by atoms with Gasteiger partial charge in [-0.2, -0.15) is 0 Å². The Kier molecular flexibility index (Phi) is 3.81. The van der Waals surface area contributed by atoms with Gasteiger partial charge < -0.3 is 15.0 Å². The molecule has 23 heavy (non-hydrogen) atoms. The minimum atomic E-state index is -0.294. The first-order chi connectivity index (χ1) is 11.2. The first-order valence-corrected chi connectivity index (χ1v) is 8.32. The van der Waals surface area contributed by atoms with Crippen LogP contribution in [0.25, 0.3) is 0 Å². The van der Waals surface area contributed by atoms with Gasteiger partial charge in [0.1, 0.15) is 5.82 Å². The van der Waals surface area contributed by atoms with Crippen LogP contribution in [0.3, 0.4) is 0 Å². The van der Waals surface area contributed by atoms with Crippen LogP contribution in [0.4, 0.5) is 15.8 Å². The fourth-order valence-electron chi connectivity index (χ4n) is 3.96. The van der Waals surface area contributed by atoms with Gasteiger partial charge in [0.05, 0.1) is 18.9 Å². The molecule has 2 aliphatic carbocycles. The monoisotopic (exact) mass is 316 g/mol. The van der Waals surface area contributed by atoms with Crippen molar-refractivity contribution in [3.05, 3.63) is 36.2 Å². The number of ether oxygens (including phenoxy) is 1. The number of fused-ring (bicyclic) bond motifs is 2. The average molecular weight is 316 g/mol. The maximum absolute atomic E-state index is 14.4. The van der Waals surface area contributed by atoms with E-state index in [9.17, 15) is 9.18 Å². The van der Waals surface area contributed by atoms with Crippen molar-refractivity contribution in [1.82, 2.24) is 0 Å². The number of nitrogens with zero attached hydrogens (tertiary/aromatic N) is 1. The summed E-state index contributed by atoms with van der Waals surface area (Å²) in [6, 6.07) is 4.96. The molecule has 1 aromatic rings. The largest absolute Gasteiger partial charge is 0.378 e. The lowest BCUT2D eigenvalue weighted by molar-refractivity contribution is -0.120. The van der Waals surface area contributed by atoms with E-state index in [0.29, 0.717) is 49.5 Å². The normalized spacial score (nSPS) is 29.1. The standard InChI is InChI=1S/C18H21FN2O2/c19-16-11-14(3-4-17(16)21-5-7-23-8-6-21)20-18(22)15-10-12-1-2-13(15)9-12/h1-4,11-13,15H,5-10H2,(H,20,22)/t12-,13-,15+/m0/s1. The van der Waals surface area contributed by atoms with Crippen LogP contribution in [0, 0.1) is 23.6 Å². The molecule has 0 radical (unpaired) electrons. The summed E-state index contributed by atoms with van der Waals surface area (Å²) in [5.74, 6) is 0.665. The molecule has 1 heterocycles. The molecule has 1 aromatic carbocycles. The first-order valence-electron chi connectivity index (χ1n) is 8.32. The lowest BCUT2D eigenvalue weighted by Gasteiger charge is -2.29. The van der Waals surface area contributed by atoms with E-state index in [2.05, 4.69) is 17.5 Å². The van der Waals surface area contributed by atoms with Crippen LogP contribution in [0.2, 0.25) is 0 Å². The molecular formula is C18H21FN2O2. The Morgan fingerprint density at radius 1 is 1.22 bits per heavy atom. The molecule has 1 saturated heterocycles. The fourth-order valence-corrected chi connectivity index (χ4v) is 3.96. The molecule has 0 unspecified atom stereocenters. The van der Waals surface area contributed by atoms with Crippen LogP contribution in [0.1, 0.15) is 12.8 Å².